The number of nitrogens with zero attached hydrogens (tertiary/aromatic N) is 3. The number of hydrogen-bond acceptors (Lipinski definition) is 7. The highest BCUT2D eigenvalue weighted by atomic mass is 16.6. The Balaban J connectivity index is 2.23. The number of nitrogen functional groups attached to an aromatic ring is 1. The fourth-order valence-electron chi connectivity index (χ4n) is 2.57. The highest BCUT2D eigenvalue weighted by Gasteiger charge is 2.24. The fourth-order valence-corrected chi connectivity index (χ4v) is 2.57. The van der Waals surface area contributed by atoms with Gasteiger partial charge >= 0.3 is 5.69 Å². The van der Waals surface area contributed by atoms with Crippen molar-refractivity contribution in [3.8, 4) is 0 Å². The lowest BCUT2D eigenvalue weighted by molar-refractivity contribution is -0.384. The van der Waals surface area contributed by atoms with Crippen molar-refractivity contribution in [3.05, 3.63) is 16.3 Å². The normalized spacial score (nSPS) is 22.9. The summed E-state index contributed by atoms with van der Waals surface area (Å²) in [4.78, 5) is 18.4. The molecule has 8 heteroatoms. The SMILES string of the molecule is CC1CCCCCC1Nc1nc(NN)ncc1[N+](=O)[O-]. The van der Waals surface area contributed by atoms with E-state index in [1.165, 1.54) is 19.0 Å². The van der Waals surface area contributed by atoms with Gasteiger partial charge in [-0.25, -0.2) is 10.8 Å². The van der Waals surface area contributed by atoms with Gasteiger partial charge in [0.15, 0.2) is 0 Å². The van der Waals surface area contributed by atoms with Crippen LogP contribution in [0.15, 0.2) is 6.20 Å². The Morgan fingerprint density at radius 3 is 2.85 bits per heavy atom. The molecular formula is C12H20N6O2. The number of hydrazine groups is 1. The molecule has 1 aromatic rings. The van der Waals surface area contributed by atoms with Crippen LogP contribution in [0.5, 0.6) is 0 Å². The molecule has 1 aliphatic carbocycles. The topological polar surface area (TPSA) is 119 Å². The van der Waals surface area contributed by atoms with Gasteiger partial charge in [0.1, 0.15) is 6.20 Å². The molecule has 0 aliphatic heterocycles. The number of aromatic nitrogens is 2. The molecule has 0 spiro atoms. The molecule has 1 aliphatic rings. The Hall–Kier alpha value is -1.96. The summed E-state index contributed by atoms with van der Waals surface area (Å²) >= 11 is 0. The highest BCUT2D eigenvalue weighted by molar-refractivity contribution is 5.57. The highest BCUT2D eigenvalue weighted by Crippen LogP contribution is 2.29. The number of nitrogens with two attached hydrogens (primary N) is 1. The molecule has 2 atom stereocenters. The lowest BCUT2D eigenvalue weighted by atomic mass is 9.97. The standard InChI is InChI=1S/C12H20N6O2/c1-8-5-3-2-4-6-9(8)15-11-10(18(19)20)7-14-12(16-11)17-13/h7-9H,2-6,13H2,1H3,(H2,14,15,16,17). The lowest BCUT2D eigenvalue weighted by Gasteiger charge is -2.23. The lowest BCUT2D eigenvalue weighted by Crippen LogP contribution is -2.27. The second kappa shape index (κ2) is 6.47. The molecule has 20 heavy (non-hydrogen) atoms. The summed E-state index contributed by atoms with van der Waals surface area (Å²) in [5.41, 5.74) is 2.18. The number of hydrogen-bond donors (Lipinski definition) is 3. The zero-order valence-corrected chi connectivity index (χ0v) is 11.5. The van der Waals surface area contributed by atoms with E-state index in [1.807, 2.05) is 0 Å². The van der Waals surface area contributed by atoms with Crippen LogP contribution >= 0.6 is 0 Å². The van der Waals surface area contributed by atoms with Gasteiger partial charge in [0.25, 0.3) is 0 Å². The van der Waals surface area contributed by atoms with E-state index >= 15 is 0 Å². The first kappa shape index (κ1) is 14.4. The molecule has 0 aromatic carbocycles. The molecule has 1 aromatic heterocycles. The van der Waals surface area contributed by atoms with Crippen molar-refractivity contribution in [2.75, 3.05) is 10.7 Å². The maximum absolute atomic E-state index is 11.0. The Labute approximate surface area is 117 Å². The van der Waals surface area contributed by atoms with Gasteiger partial charge in [-0.3, -0.25) is 15.5 Å². The van der Waals surface area contributed by atoms with Crippen molar-refractivity contribution in [2.24, 2.45) is 11.8 Å². The summed E-state index contributed by atoms with van der Waals surface area (Å²) < 4.78 is 0. The summed E-state index contributed by atoms with van der Waals surface area (Å²) in [6.07, 6.45) is 6.84. The van der Waals surface area contributed by atoms with Gasteiger partial charge < -0.3 is 5.32 Å². The van der Waals surface area contributed by atoms with Crippen LogP contribution in [0.25, 0.3) is 0 Å². The third kappa shape index (κ3) is 3.32. The molecule has 0 amide bonds. The van der Waals surface area contributed by atoms with Crippen LogP contribution in [0.3, 0.4) is 0 Å². The molecule has 2 unspecified atom stereocenters. The van der Waals surface area contributed by atoms with Crippen LogP contribution in [0, 0.1) is 16.0 Å². The van der Waals surface area contributed by atoms with Crippen LogP contribution in [-0.2, 0) is 0 Å². The third-order valence-electron chi connectivity index (χ3n) is 3.78. The van der Waals surface area contributed by atoms with Crippen molar-refractivity contribution in [1.82, 2.24) is 9.97 Å². The molecule has 1 heterocycles. The largest absolute Gasteiger partial charge is 0.361 e. The quantitative estimate of drug-likeness (QED) is 0.334. The molecule has 8 nitrogen and oxygen atoms in total. The van der Waals surface area contributed by atoms with E-state index in [1.54, 1.807) is 0 Å². The van der Waals surface area contributed by atoms with Crippen LogP contribution in [-0.4, -0.2) is 20.9 Å². The van der Waals surface area contributed by atoms with Crippen LogP contribution < -0.4 is 16.6 Å². The summed E-state index contributed by atoms with van der Waals surface area (Å²) in [7, 11) is 0. The van der Waals surface area contributed by atoms with Gasteiger partial charge in [-0.2, -0.15) is 4.98 Å². The summed E-state index contributed by atoms with van der Waals surface area (Å²) in [5.74, 6) is 6.12. The van der Waals surface area contributed by atoms with Gasteiger partial charge in [0.2, 0.25) is 11.8 Å². The third-order valence-corrected chi connectivity index (χ3v) is 3.78. The average Bonchev–Trinajstić information content (AvgIpc) is 2.64. The van der Waals surface area contributed by atoms with E-state index in [0.29, 0.717) is 5.92 Å². The minimum Gasteiger partial charge on any atom is -0.361 e. The summed E-state index contributed by atoms with van der Waals surface area (Å²) in [6.45, 7) is 2.16. The Morgan fingerprint density at radius 2 is 2.15 bits per heavy atom. The maximum Gasteiger partial charge on any atom is 0.329 e. The van der Waals surface area contributed by atoms with E-state index in [9.17, 15) is 10.1 Å². The van der Waals surface area contributed by atoms with Crippen LogP contribution in [0.2, 0.25) is 0 Å². The van der Waals surface area contributed by atoms with E-state index < -0.39 is 4.92 Å². The molecular weight excluding hydrogens is 260 g/mol. The number of nitrogens with one attached hydrogen (secondary N) is 2. The van der Waals surface area contributed by atoms with Gasteiger partial charge in [-0.15, -0.1) is 0 Å². The Morgan fingerprint density at radius 1 is 1.40 bits per heavy atom. The second-order valence-corrected chi connectivity index (χ2v) is 5.20. The van der Waals surface area contributed by atoms with E-state index in [-0.39, 0.29) is 23.5 Å². The Bertz CT molecular complexity index is 481. The van der Waals surface area contributed by atoms with Gasteiger partial charge in [-0.1, -0.05) is 26.2 Å². The molecule has 4 N–H and O–H groups in total. The predicted molar refractivity (Wildman–Crippen MR) is 76.2 cm³/mol. The first-order chi connectivity index (χ1) is 9.61. The zero-order chi connectivity index (χ0) is 14.5. The van der Waals surface area contributed by atoms with Crippen molar-refractivity contribution in [2.45, 2.75) is 45.1 Å². The predicted octanol–water partition coefficient (Wildman–Crippen LogP) is 2.05. The maximum atomic E-state index is 11.0. The van der Waals surface area contributed by atoms with Crippen molar-refractivity contribution >= 4 is 17.5 Å². The van der Waals surface area contributed by atoms with Crippen LogP contribution in [0.1, 0.15) is 39.0 Å². The molecule has 2 rings (SSSR count). The molecule has 0 bridgehead atoms. The van der Waals surface area contributed by atoms with Gasteiger partial charge in [0.05, 0.1) is 4.92 Å². The minimum absolute atomic E-state index is 0.125. The first-order valence-corrected chi connectivity index (χ1v) is 6.86. The summed E-state index contributed by atoms with van der Waals surface area (Å²) in [6, 6.07) is 0.191. The van der Waals surface area contributed by atoms with Crippen molar-refractivity contribution < 1.29 is 4.92 Å². The van der Waals surface area contributed by atoms with E-state index in [4.69, 9.17) is 5.84 Å². The first-order valence-electron chi connectivity index (χ1n) is 6.86. The molecule has 1 saturated carbocycles. The number of rotatable bonds is 4. The van der Waals surface area contributed by atoms with E-state index in [0.717, 1.165) is 19.3 Å². The summed E-state index contributed by atoms with van der Waals surface area (Å²) in [5, 5.41) is 14.3. The number of nitro groups is 1. The molecule has 110 valence electrons. The smallest absolute Gasteiger partial charge is 0.329 e. The van der Waals surface area contributed by atoms with Gasteiger partial charge in [0, 0.05) is 6.04 Å². The van der Waals surface area contributed by atoms with E-state index in [2.05, 4.69) is 27.6 Å². The van der Waals surface area contributed by atoms with Crippen LogP contribution in [0.4, 0.5) is 17.5 Å². The Kier molecular flexibility index (Phi) is 4.67. The second-order valence-electron chi connectivity index (χ2n) is 5.20. The zero-order valence-electron chi connectivity index (χ0n) is 11.5. The minimum atomic E-state index is -0.482. The monoisotopic (exact) mass is 280 g/mol. The van der Waals surface area contributed by atoms with Crippen molar-refractivity contribution in [3.63, 3.8) is 0 Å². The fraction of sp³-hybridized carbons (Fsp3) is 0.667. The number of anilines is 2. The average molecular weight is 280 g/mol. The molecule has 1 fully saturated rings. The molecule has 0 saturated heterocycles. The van der Waals surface area contributed by atoms with Gasteiger partial charge in [-0.05, 0) is 18.8 Å². The molecule has 0 radical (unpaired) electrons. The van der Waals surface area contributed by atoms with Crippen molar-refractivity contribution in [1.29, 1.82) is 0 Å².